The molecule has 40 heavy (non-hydrogen) atoms. The van der Waals surface area contributed by atoms with Gasteiger partial charge in [-0.2, -0.15) is 14.6 Å². The van der Waals surface area contributed by atoms with Crippen molar-refractivity contribution in [1.82, 2.24) is 34.5 Å². The van der Waals surface area contributed by atoms with Gasteiger partial charge in [0, 0.05) is 30.2 Å². The molecule has 1 saturated heterocycles. The number of ether oxygens (including phenoxy) is 1. The lowest BCUT2D eigenvalue weighted by Crippen LogP contribution is -2.31. The van der Waals surface area contributed by atoms with Gasteiger partial charge in [0.05, 0.1) is 45.1 Å². The summed E-state index contributed by atoms with van der Waals surface area (Å²) in [5.74, 6) is 1.19. The van der Waals surface area contributed by atoms with E-state index in [4.69, 9.17) is 35.4 Å². The predicted octanol–water partition coefficient (Wildman–Crippen LogP) is 5.00. The Kier molecular flexibility index (Phi) is 9.44. The van der Waals surface area contributed by atoms with Crippen LogP contribution in [0.2, 0.25) is 5.02 Å². The van der Waals surface area contributed by atoms with Crippen molar-refractivity contribution in [3.8, 4) is 17.2 Å². The van der Waals surface area contributed by atoms with E-state index in [1.807, 2.05) is 28.8 Å². The summed E-state index contributed by atoms with van der Waals surface area (Å²) in [6.45, 7) is 7.20. The fourth-order valence-electron chi connectivity index (χ4n) is 4.65. The van der Waals surface area contributed by atoms with Crippen LogP contribution in [0, 0.1) is 0 Å². The highest BCUT2D eigenvalue weighted by molar-refractivity contribution is 7.53. The first-order valence-corrected chi connectivity index (χ1v) is 15.7. The van der Waals surface area contributed by atoms with Crippen LogP contribution in [-0.2, 0) is 24.9 Å². The third kappa shape index (κ3) is 6.70. The van der Waals surface area contributed by atoms with Crippen LogP contribution >= 0.6 is 19.2 Å². The van der Waals surface area contributed by atoms with Gasteiger partial charge in [-0.05, 0) is 45.2 Å². The van der Waals surface area contributed by atoms with Gasteiger partial charge in [-0.1, -0.05) is 28.9 Å². The van der Waals surface area contributed by atoms with E-state index in [-0.39, 0.29) is 12.8 Å². The van der Waals surface area contributed by atoms with E-state index < -0.39 is 7.60 Å². The molecule has 1 aliphatic heterocycles. The van der Waals surface area contributed by atoms with Gasteiger partial charge in [0.1, 0.15) is 5.69 Å². The molecule has 0 aliphatic carbocycles. The Hall–Kier alpha value is -2.89. The van der Waals surface area contributed by atoms with Crippen LogP contribution in [0.5, 0.6) is 0 Å². The SMILES string of the molecule is CCOP(=O)(CCOCCn1cnc2c(N3CCCCC3)nc(-n3cc(-c4cccc(Cl)c4)nn3)nc21)OCC. The summed E-state index contributed by atoms with van der Waals surface area (Å²) in [5.41, 5.74) is 2.95. The number of piperidine rings is 1. The molecule has 0 saturated carbocycles. The number of hydrogen-bond acceptors (Lipinski definition) is 10. The first-order chi connectivity index (χ1) is 19.5. The number of rotatable bonds is 13. The second-order valence-electron chi connectivity index (χ2n) is 9.35. The predicted molar refractivity (Wildman–Crippen MR) is 153 cm³/mol. The standard InChI is InChI=1S/C26H34ClN8O4P/c1-3-38-40(36,39-4-2)16-15-37-14-13-34-19-28-23-24(33-11-6-5-7-12-33)29-26(30-25(23)34)35-18-22(31-32-35)20-9-8-10-21(27)17-20/h8-10,17-19H,3-7,11-16H2,1-2H3. The largest absolute Gasteiger partial charge is 0.379 e. The summed E-state index contributed by atoms with van der Waals surface area (Å²) in [5, 5.41) is 9.27. The van der Waals surface area contributed by atoms with E-state index in [1.165, 1.54) is 6.42 Å². The van der Waals surface area contributed by atoms with Gasteiger partial charge in [0.15, 0.2) is 17.0 Å². The number of aromatic nitrogens is 7. The lowest BCUT2D eigenvalue weighted by atomic mass is 10.1. The molecule has 5 rings (SSSR count). The summed E-state index contributed by atoms with van der Waals surface area (Å²) < 4.78 is 32.7. The molecule has 0 N–H and O–H groups in total. The number of nitrogens with zero attached hydrogens (tertiary/aromatic N) is 8. The summed E-state index contributed by atoms with van der Waals surface area (Å²) in [6, 6.07) is 7.47. The van der Waals surface area contributed by atoms with Crippen molar-refractivity contribution in [1.29, 1.82) is 0 Å². The zero-order chi connectivity index (χ0) is 28.0. The van der Waals surface area contributed by atoms with E-state index in [9.17, 15) is 4.57 Å². The quantitative estimate of drug-likeness (QED) is 0.156. The molecule has 3 aromatic heterocycles. The lowest BCUT2D eigenvalue weighted by molar-refractivity contribution is 0.132. The maximum atomic E-state index is 12.7. The van der Waals surface area contributed by atoms with E-state index in [0.717, 1.165) is 42.8 Å². The summed E-state index contributed by atoms with van der Waals surface area (Å²) in [6.07, 6.45) is 7.16. The Bertz CT molecular complexity index is 1460. The third-order valence-electron chi connectivity index (χ3n) is 6.55. The minimum Gasteiger partial charge on any atom is -0.379 e. The number of fused-ring (bicyclic) bond motifs is 1. The van der Waals surface area contributed by atoms with Crippen LogP contribution in [-0.4, -0.2) is 80.2 Å². The van der Waals surface area contributed by atoms with Crippen LogP contribution in [0.3, 0.4) is 0 Å². The van der Waals surface area contributed by atoms with Gasteiger partial charge < -0.3 is 23.3 Å². The third-order valence-corrected chi connectivity index (χ3v) is 8.81. The van der Waals surface area contributed by atoms with Gasteiger partial charge in [-0.3, -0.25) is 4.57 Å². The Morgan fingerprint density at radius 2 is 1.85 bits per heavy atom. The average molecular weight is 589 g/mol. The molecular formula is C26H34ClN8O4P. The summed E-state index contributed by atoms with van der Waals surface area (Å²) in [7, 11) is -3.14. The monoisotopic (exact) mass is 588 g/mol. The van der Waals surface area contributed by atoms with Crippen molar-refractivity contribution in [3.05, 3.63) is 41.8 Å². The second-order valence-corrected chi connectivity index (χ2v) is 12.0. The smallest absolute Gasteiger partial charge is 0.332 e. The highest BCUT2D eigenvalue weighted by atomic mass is 35.5. The fourth-order valence-corrected chi connectivity index (χ4v) is 6.32. The Morgan fingerprint density at radius 1 is 1.05 bits per heavy atom. The molecule has 1 aromatic carbocycles. The van der Waals surface area contributed by atoms with Crippen molar-refractivity contribution in [3.63, 3.8) is 0 Å². The first-order valence-electron chi connectivity index (χ1n) is 13.6. The van der Waals surface area contributed by atoms with Crippen molar-refractivity contribution in [2.75, 3.05) is 50.6 Å². The number of anilines is 1. The van der Waals surface area contributed by atoms with Gasteiger partial charge in [0.25, 0.3) is 5.95 Å². The van der Waals surface area contributed by atoms with E-state index in [0.29, 0.717) is 48.7 Å². The minimum absolute atomic E-state index is 0.200. The molecule has 0 amide bonds. The van der Waals surface area contributed by atoms with Gasteiger partial charge in [-0.25, -0.2) is 4.98 Å². The molecule has 0 bridgehead atoms. The van der Waals surface area contributed by atoms with Crippen LogP contribution in [0.25, 0.3) is 28.4 Å². The molecule has 14 heteroatoms. The van der Waals surface area contributed by atoms with E-state index in [1.54, 1.807) is 31.1 Å². The van der Waals surface area contributed by atoms with Crippen LogP contribution in [0.15, 0.2) is 36.8 Å². The van der Waals surface area contributed by atoms with Crippen molar-refractivity contribution >= 4 is 36.2 Å². The van der Waals surface area contributed by atoms with Gasteiger partial charge >= 0.3 is 7.60 Å². The molecule has 0 spiro atoms. The Morgan fingerprint density at radius 3 is 2.60 bits per heavy atom. The Labute approximate surface area is 238 Å². The molecule has 12 nitrogen and oxygen atoms in total. The Balaban J connectivity index is 1.38. The minimum atomic E-state index is -3.14. The summed E-state index contributed by atoms with van der Waals surface area (Å²) in [4.78, 5) is 16.7. The molecule has 4 aromatic rings. The van der Waals surface area contributed by atoms with Crippen molar-refractivity contribution in [2.45, 2.75) is 39.7 Å². The number of benzene rings is 1. The highest BCUT2D eigenvalue weighted by Gasteiger charge is 2.24. The van der Waals surface area contributed by atoms with Crippen molar-refractivity contribution in [2.24, 2.45) is 0 Å². The molecule has 0 atom stereocenters. The van der Waals surface area contributed by atoms with Gasteiger partial charge in [-0.15, -0.1) is 5.10 Å². The average Bonchev–Trinajstić information content (AvgIpc) is 3.61. The fraction of sp³-hybridized carbons (Fsp3) is 0.500. The molecule has 4 heterocycles. The second kappa shape index (κ2) is 13.2. The molecule has 0 unspecified atom stereocenters. The maximum absolute atomic E-state index is 12.7. The van der Waals surface area contributed by atoms with E-state index in [2.05, 4.69) is 20.2 Å². The topological polar surface area (TPSA) is 122 Å². The van der Waals surface area contributed by atoms with Crippen LogP contribution < -0.4 is 4.90 Å². The molecular weight excluding hydrogens is 555 g/mol. The molecule has 214 valence electrons. The normalized spacial score (nSPS) is 14.3. The number of halogens is 1. The van der Waals surface area contributed by atoms with Gasteiger partial charge in [0.2, 0.25) is 0 Å². The zero-order valence-electron chi connectivity index (χ0n) is 22.8. The number of imidazole rings is 1. The van der Waals surface area contributed by atoms with Crippen LogP contribution in [0.4, 0.5) is 5.82 Å². The lowest BCUT2D eigenvalue weighted by Gasteiger charge is -2.27. The van der Waals surface area contributed by atoms with E-state index >= 15 is 0 Å². The number of hydrogen-bond donors (Lipinski definition) is 0. The molecule has 1 aliphatic rings. The maximum Gasteiger partial charge on any atom is 0.332 e. The summed E-state index contributed by atoms with van der Waals surface area (Å²) >= 11 is 6.18. The molecule has 0 radical (unpaired) electrons. The molecule has 1 fully saturated rings. The highest BCUT2D eigenvalue weighted by Crippen LogP contribution is 2.47. The van der Waals surface area contributed by atoms with Crippen molar-refractivity contribution < 1.29 is 18.3 Å². The van der Waals surface area contributed by atoms with Crippen LogP contribution in [0.1, 0.15) is 33.1 Å². The zero-order valence-corrected chi connectivity index (χ0v) is 24.4. The first kappa shape index (κ1) is 28.6.